The van der Waals surface area contributed by atoms with Gasteiger partial charge in [0.1, 0.15) is 0 Å². The van der Waals surface area contributed by atoms with Gasteiger partial charge in [-0.25, -0.2) is 0 Å². The Morgan fingerprint density at radius 1 is 1.30 bits per heavy atom. The van der Waals surface area contributed by atoms with Crippen LogP contribution in [0.15, 0.2) is 32.6 Å². The number of thioether (sulfide) groups is 1. The Balaban J connectivity index is 2.51. The van der Waals surface area contributed by atoms with Gasteiger partial charge in [-0.05, 0) is 68.9 Å². The molecule has 0 aromatic carbocycles. The SMILES string of the molecule is CCSC1=CC(=NC(C)CC)C=C2C1=NC(C)(CC)CC2CC. The van der Waals surface area contributed by atoms with Gasteiger partial charge in [-0.3, -0.25) is 9.98 Å². The van der Waals surface area contributed by atoms with Gasteiger partial charge in [-0.1, -0.05) is 27.7 Å². The fourth-order valence-electron chi connectivity index (χ4n) is 3.27. The molecule has 1 aliphatic carbocycles. The zero-order valence-electron chi connectivity index (χ0n) is 15.6. The van der Waals surface area contributed by atoms with E-state index in [0.717, 1.165) is 30.7 Å². The average molecular weight is 333 g/mol. The van der Waals surface area contributed by atoms with Crippen LogP contribution in [-0.4, -0.2) is 28.8 Å². The second-order valence-electron chi connectivity index (χ2n) is 6.97. The van der Waals surface area contributed by atoms with Crippen molar-refractivity contribution in [3.05, 3.63) is 22.6 Å². The van der Waals surface area contributed by atoms with E-state index in [1.807, 2.05) is 11.8 Å². The van der Waals surface area contributed by atoms with Gasteiger partial charge in [0.05, 0.1) is 17.0 Å². The molecule has 2 nitrogen and oxygen atoms in total. The predicted octanol–water partition coefficient (Wildman–Crippen LogP) is 5.84. The normalized spacial score (nSPS) is 30.4. The van der Waals surface area contributed by atoms with Gasteiger partial charge in [0.15, 0.2) is 0 Å². The zero-order chi connectivity index (χ0) is 17.0. The first-order chi connectivity index (χ1) is 11.0. The summed E-state index contributed by atoms with van der Waals surface area (Å²) in [5, 5.41) is 0. The minimum Gasteiger partial charge on any atom is -0.282 e. The number of hydrogen-bond acceptors (Lipinski definition) is 3. The van der Waals surface area contributed by atoms with Crippen molar-refractivity contribution < 1.29 is 0 Å². The maximum atomic E-state index is 5.19. The molecule has 23 heavy (non-hydrogen) atoms. The van der Waals surface area contributed by atoms with Crippen LogP contribution in [0.2, 0.25) is 0 Å². The van der Waals surface area contributed by atoms with Crippen LogP contribution in [0.25, 0.3) is 0 Å². The predicted molar refractivity (Wildman–Crippen MR) is 106 cm³/mol. The molecule has 0 radical (unpaired) electrons. The van der Waals surface area contributed by atoms with E-state index in [-0.39, 0.29) is 5.54 Å². The maximum Gasteiger partial charge on any atom is 0.0753 e. The summed E-state index contributed by atoms with van der Waals surface area (Å²) >= 11 is 1.91. The summed E-state index contributed by atoms with van der Waals surface area (Å²) in [6, 6.07) is 0.383. The third-order valence-electron chi connectivity index (χ3n) is 5.11. The highest BCUT2D eigenvalue weighted by atomic mass is 32.2. The molecule has 2 rings (SSSR count). The van der Waals surface area contributed by atoms with E-state index in [4.69, 9.17) is 9.98 Å². The summed E-state index contributed by atoms with van der Waals surface area (Å²) in [5.41, 5.74) is 3.91. The molecule has 1 aliphatic heterocycles. The Bertz CT molecular complexity index is 556. The molecule has 0 N–H and O–H groups in total. The molecule has 0 bridgehead atoms. The fraction of sp³-hybridized carbons (Fsp3) is 0.700. The summed E-state index contributed by atoms with van der Waals surface area (Å²) in [5.74, 6) is 1.68. The minimum absolute atomic E-state index is 0.0894. The van der Waals surface area contributed by atoms with Crippen molar-refractivity contribution in [1.82, 2.24) is 0 Å². The van der Waals surface area contributed by atoms with Crippen LogP contribution >= 0.6 is 11.8 Å². The van der Waals surface area contributed by atoms with Gasteiger partial charge in [-0.2, -0.15) is 0 Å². The van der Waals surface area contributed by atoms with Crippen molar-refractivity contribution in [2.45, 2.75) is 78.8 Å². The van der Waals surface area contributed by atoms with E-state index >= 15 is 0 Å². The smallest absolute Gasteiger partial charge is 0.0753 e. The lowest BCUT2D eigenvalue weighted by Gasteiger charge is -2.38. The molecule has 3 atom stereocenters. The molecular formula is C20H32N2S. The lowest BCUT2D eigenvalue weighted by Crippen LogP contribution is -2.36. The number of rotatable bonds is 6. The highest BCUT2D eigenvalue weighted by Gasteiger charge is 2.36. The van der Waals surface area contributed by atoms with E-state index in [1.165, 1.54) is 22.6 Å². The Labute approximate surface area is 146 Å². The van der Waals surface area contributed by atoms with Crippen LogP contribution in [0, 0.1) is 5.92 Å². The second kappa shape index (κ2) is 7.83. The highest BCUT2D eigenvalue weighted by Crippen LogP contribution is 2.41. The third-order valence-corrected chi connectivity index (χ3v) is 6.02. The molecule has 2 aliphatic rings. The lowest BCUT2D eigenvalue weighted by atomic mass is 9.75. The van der Waals surface area contributed by atoms with Gasteiger partial charge >= 0.3 is 0 Å². The van der Waals surface area contributed by atoms with Gasteiger partial charge in [0.25, 0.3) is 0 Å². The standard InChI is InChI=1S/C20H32N2S/c1-7-14(5)21-16-11-17-15(8-2)13-20(6,9-3)22-19(17)18(12-16)23-10-4/h11-12,14-15H,7-10,13H2,1-6H3. The molecule has 0 aromatic rings. The Hall–Kier alpha value is -0.830. The Morgan fingerprint density at radius 3 is 2.61 bits per heavy atom. The fourth-order valence-corrected chi connectivity index (χ4v) is 4.09. The maximum absolute atomic E-state index is 5.19. The van der Waals surface area contributed by atoms with Gasteiger partial charge in [0, 0.05) is 10.9 Å². The molecule has 3 unspecified atom stereocenters. The molecule has 0 amide bonds. The number of nitrogens with zero attached hydrogens (tertiary/aromatic N) is 2. The van der Waals surface area contributed by atoms with Crippen LogP contribution in [0.3, 0.4) is 0 Å². The third kappa shape index (κ3) is 4.17. The first-order valence-electron chi connectivity index (χ1n) is 9.20. The van der Waals surface area contributed by atoms with Crippen LogP contribution in [0.1, 0.15) is 67.2 Å². The molecule has 3 heteroatoms. The first kappa shape index (κ1) is 18.5. The van der Waals surface area contributed by atoms with E-state index in [0.29, 0.717) is 12.0 Å². The second-order valence-corrected chi connectivity index (χ2v) is 8.28. The zero-order valence-corrected chi connectivity index (χ0v) is 16.5. The monoisotopic (exact) mass is 332 g/mol. The number of fused-ring (bicyclic) bond motifs is 1. The van der Waals surface area contributed by atoms with Crippen LogP contribution in [-0.2, 0) is 0 Å². The number of aliphatic imine (C=N–C) groups is 2. The molecule has 0 fully saturated rings. The molecule has 0 saturated heterocycles. The number of hydrogen-bond donors (Lipinski definition) is 0. The van der Waals surface area contributed by atoms with Crippen molar-refractivity contribution >= 4 is 23.2 Å². The molecule has 0 aromatic heterocycles. The highest BCUT2D eigenvalue weighted by molar-refractivity contribution is 8.04. The van der Waals surface area contributed by atoms with Crippen molar-refractivity contribution in [3.8, 4) is 0 Å². The average Bonchev–Trinajstić information content (AvgIpc) is 2.55. The van der Waals surface area contributed by atoms with E-state index in [2.05, 4.69) is 53.7 Å². The molecule has 0 spiro atoms. The van der Waals surface area contributed by atoms with Crippen LogP contribution in [0.4, 0.5) is 0 Å². The Kier molecular flexibility index (Phi) is 6.30. The molecular weight excluding hydrogens is 300 g/mol. The van der Waals surface area contributed by atoms with Gasteiger partial charge in [0.2, 0.25) is 0 Å². The topological polar surface area (TPSA) is 24.7 Å². The van der Waals surface area contributed by atoms with Crippen molar-refractivity contribution in [2.24, 2.45) is 15.9 Å². The minimum atomic E-state index is 0.0894. The summed E-state index contributed by atoms with van der Waals surface area (Å²) < 4.78 is 0. The van der Waals surface area contributed by atoms with Crippen LogP contribution < -0.4 is 0 Å². The van der Waals surface area contributed by atoms with Gasteiger partial charge < -0.3 is 0 Å². The first-order valence-corrected chi connectivity index (χ1v) is 10.2. The number of allylic oxidation sites excluding steroid dienone is 4. The summed E-state index contributed by atoms with van der Waals surface area (Å²) in [4.78, 5) is 11.4. The van der Waals surface area contributed by atoms with Crippen molar-refractivity contribution in [2.75, 3.05) is 5.75 Å². The largest absolute Gasteiger partial charge is 0.282 e. The lowest BCUT2D eigenvalue weighted by molar-refractivity contribution is 0.345. The Morgan fingerprint density at radius 2 is 2.04 bits per heavy atom. The van der Waals surface area contributed by atoms with E-state index in [1.54, 1.807) is 0 Å². The molecule has 128 valence electrons. The van der Waals surface area contributed by atoms with E-state index in [9.17, 15) is 0 Å². The van der Waals surface area contributed by atoms with E-state index < -0.39 is 0 Å². The van der Waals surface area contributed by atoms with Crippen molar-refractivity contribution in [3.63, 3.8) is 0 Å². The van der Waals surface area contributed by atoms with Gasteiger partial charge in [-0.15, -0.1) is 11.8 Å². The summed E-state index contributed by atoms with van der Waals surface area (Å²) in [7, 11) is 0. The molecule has 0 saturated carbocycles. The van der Waals surface area contributed by atoms with Crippen LogP contribution in [0.5, 0.6) is 0 Å². The quantitative estimate of drug-likeness (QED) is 0.561. The van der Waals surface area contributed by atoms with Crippen molar-refractivity contribution in [1.29, 1.82) is 0 Å². The summed E-state index contributed by atoms with van der Waals surface area (Å²) in [6.45, 7) is 13.5. The summed E-state index contributed by atoms with van der Waals surface area (Å²) in [6.07, 6.45) is 9.11. The molecule has 1 heterocycles.